The maximum atomic E-state index is 12.2. The molecule has 0 unspecified atom stereocenters. The van der Waals surface area contributed by atoms with Crippen LogP contribution in [-0.2, 0) is 19.1 Å². The summed E-state index contributed by atoms with van der Waals surface area (Å²) in [6.45, 7) is 0. The molecule has 0 bridgehead atoms. The zero-order valence-corrected chi connectivity index (χ0v) is 17.5. The number of carbonyl (C=O) groups is 2. The first-order chi connectivity index (χ1) is 15.8. The summed E-state index contributed by atoms with van der Waals surface area (Å²) in [6, 6.07) is 10.0. The highest BCUT2D eigenvalue weighted by Crippen LogP contribution is 2.24. The van der Waals surface area contributed by atoms with E-state index in [1.807, 2.05) is 0 Å². The van der Waals surface area contributed by atoms with Crippen molar-refractivity contribution in [3.05, 3.63) is 68.8 Å². The lowest BCUT2D eigenvalue weighted by molar-refractivity contribution is -0.384. The number of ether oxygens (including phenoxy) is 2. The Bertz CT molecular complexity index is 1070. The molecule has 0 aliphatic heterocycles. The van der Waals surface area contributed by atoms with E-state index in [0.29, 0.717) is 0 Å². The monoisotopic (exact) mass is 460 g/mol. The van der Waals surface area contributed by atoms with E-state index in [1.165, 1.54) is 42.5 Å². The van der Waals surface area contributed by atoms with Crippen molar-refractivity contribution in [3.63, 3.8) is 0 Å². The van der Waals surface area contributed by atoms with Crippen molar-refractivity contribution in [1.29, 1.82) is 0 Å². The SMILES string of the molecule is COC(=O)/C(C[C@@H](NNc1ccccc1[N+](=O)[O-])C(=O)OC)=N/Nc1ccccc1[N+](=O)[O-]. The lowest BCUT2D eigenvalue weighted by atomic mass is 10.1. The Hall–Kier alpha value is -4.59. The number of anilines is 2. The molecule has 0 saturated carbocycles. The highest BCUT2D eigenvalue weighted by atomic mass is 16.6. The number of hydrogen-bond donors (Lipinski definition) is 3. The van der Waals surface area contributed by atoms with Gasteiger partial charge in [-0.2, -0.15) is 5.10 Å². The summed E-state index contributed by atoms with van der Waals surface area (Å²) in [5, 5.41) is 26.2. The lowest BCUT2D eigenvalue weighted by Crippen LogP contribution is -2.44. The minimum absolute atomic E-state index is 0.00418. The fourth-order valence-corrected chi connectivity index (χ4v) is 2.58. The second-order valence-corrected chi connectivity index (χ2v) is 6.26. The first-order valence-electron chi connectivity index (χ1n) is 9.25. The molecule has 3 N–H and O–H groups in total. The van der Waals surface area contributed by atoms with Crippen LogP contribution in [0, 0.1) is 20.2 Å². The van der Waals surface area contributed by atoms with Gasteiger partial charge in [-0.15, -0.1) is 0 Å². The lowest BCUT2D eigenvalue weighted by Gasteiger charge is -2.18. The Balaban J connectivity index is 2.27. The fraction of sp³-hybridized carbons (Fsp3) is 0.211. The van der Waals surface area contributed by atoms with Gasteiger partial charge < -0.3 is 14.9 Å². The van der Waals surface area contributed by atoms with Gasteiger partial charge in [-0.3, -0.25) is 30.4 Å². The normalized spacial score (nSPS) is 11.8. The van der Waals surface area contributed by atoms with E-state index in [1.54, 1.807) is 6.07 Å². The summed E-state index contributed by atoms with van der Waals surface area (Å²) in [4.78, 5) is 45.5. The van der Waals surface area contributed by atoms with Crippen molar-refractivity contribution in [1.82, 2.24) is 5.43 Å². The average Bonchev–Trinajstić information content (AvgIpc) is 2.82. The van der Waals surface area contributed by atoms with Gasteiger partial charge in [0, 0.05) is 18.6 Å². The number of para-hydroxylation sites is 4. The third kappa shape index (κ3) is 6.70. The molecule has 2 aromatic carbocycles. The maximum absolute atomic E-state index is 12.2. The number of nitrogens with zero attached hydrogens (tertiary/aromatic N) is 3. The number of nitro benzene ring substituents is 2. The summed E-state index contributed by atoms with van der Waals surface area (Å²) in [7, 11) is 2.21. The van der Waals surface area contributed by atoms with Gasteiger partial charge in [0.2, 0.25) is 0 Å². The zero-order chi connectivity index (χ0) is 24.4. The molecule has 174 valence electrons. The Labute approximate surface area is 186 Å². The third-order valence-corrected chi connectivity index (χ3v) is 4.20. The van der Waals surface area contributed by atoms with Crippen LogP contribution in [0.15, 0.2) is 53.6 Å². The van der Waals surface area contributed by atoms with E-state index in [-0.39, 0.29) is 34.9 Å². The molecule has 14 heteroatoms. The molecular formula is C19H20N6O8. The molecule has 0 spiro atoms. The number of esters is 2. The first-order valence-corrected chi connectivity index (χ1v) is 9.25. The van der Waals surface area contributed by atoms with Gasteiger partial charge in [0.15, 0.2) is 0 Å². The summed E-state index contributed by atoms with van der Waals surface area (Å²) >= 11 is 0. The predicted octanol–water partition coefficient (Wildman–Crippen LogP) is 1.99. The number of nitro groups is 2. The predicted molar refractivity (Wildman–Crippen MR) is 116 cm³/mol. The first kappa shape index (κ1) is 24.7. The minimum Gasteiger partial charge on any atom is -0.468 e. The van der Waals surface area contributed by atoms with E-state index < -0.39 is 27.8 Å². The molecule has 0 radical (unpaired) electrons. The van der Waals surface area contributed by atoms with E-state index >= 15 is 0 Å². The van der Waals surface area contributed by atoms with Crippen LogP contribution in [0.4, 0.5) is 22.7 Å². The van der Waals surface area contributed by atoms with Gasteiger partial charge in [-0.05, 0) is 12.1 Å². The van der Waals surface area contributed by atoms with E-state index in [9.17, 15) is 29.8 Å². The van der Waals surface area contributed by atoms with Crippen LogP contribution in [0.2, 0.25) is 0 Å². The molecule has 0 fully saturated rings. The van der Waals surface area contributed by atoms with Crippen molar-refractivity contribution in [3.8, 4) is 0 Å². The molecular weight excluding hydrogens is 440 g/mol. The number of hydrogen-bond acceptors (Lipinski definition) is 12. The van der Waals surface area contributed by atoms with Crippen molar-refractivity contribution < 1.29 is 28.9 Å². The number of benzene rings is 2. The van der Waals surface area contributed by atoms with Crippen LogP contribution in [0.1, 0.15) is 6.42 Å². The summed E-state index contributed by atoms with van der Waals surface area (Å²) < 4.78 is 9.39. The minimum atomic E-state index is -1.24. The van der Waals surface area contributed by atoms with Gasteiger partial charge in [0.1, 0.15) is 23.1 Å². The Kier molecular flexibility index (Phi) is 8.75. The Morgan fingerprint density at radius 1 is 0.939 bits per heavy atom. The molecule has 0 heterocycles. The fourth-order valence-electron chi connectivity index (χ4n) is 2.58. The molecule has 0 saturated heterocycles. The molecule has 14 nitrogen and oxygen atoms in total. The van der Waals surface area contributed by atoms with Crippen molar-refractivity contribution in [2.75, 3.05) is 25.1 Å². The maximum Gasteiger partial charge on any atom is 0.354 e. The number of hydrazine groups is 1. The summed E-state index contributed by atoms with van der Waals surface area (Å²) in [5.41, 5.74) is 6.77. The van der Waals surface area contributed by atoms with Crippen LogP contribution >= 0.6 is 0 Å². The Morgan fingerprint density at radius 3 is 2.03 bits per heavy atom. The molecule has 33 heavy (non-hydrogen) atoms. The van der Waals surface area contributed by atoms with Crippen molar-refractivity contribution in [2.45, 2.75) is 12.5 Å². The van der Waals surface area contributed by atoms with Crippen LogP contribution in [0.5, 0.6) is 0 Å². The average molecular weight is 460 g/mol. The van der Waals surface area contributed by atoms with Crippen LogP contribution < -0.4 is 16.3 Å². The second-order valence-electron chi connectivity index (χ2n) is 6.26. The molecule has 0 aliphatic rings. The Morgan fingerprint density at radius 2 is 1.48 bits per heavy atom. The molecule has 0 amide bonds. The molecule has 0 aliphatic carbocycles. The van der Waals surface area contributed by atoms with E-state index in [4.69, 9.17) is 4.74 Å². The van der Waals surface area contributed by atoms with Gasteiger partial charge >= 0.3 is 11.9 Å². The largest absolute Gasteiger partial charge is 0.468 e. The molecule has 2 aromatic rings. The summed E-state index contributed by atoms with van der Waals surface area (Å²) in [5.74, 6) is -1.73. The standard InChI is InChI=1S/C19H20N6O8/c1-32-18(26)14(22-20-12-7-3-5-9-16(12)24(28)29)11-15(19(27)33-2)23-21-13-8-4-6-10-17(13)25(30)31/h3-10,14,20-22H,11H2,1-2H3/b23-15+/t14-/m1/s1. The molecule has 0 aromatic heterocycles. The van der Waals surface area contributed by atoms with Gasteiger partial charge in [0.25, 0.3) is 11.4 Å². The number of methoxy groups -OCH3 is 2. The number of hydrazone groups is 1. The number of nitrogens with one attached hydrogen (secondary N) is 3. The van der Waals surface area contributed by atoms with Gasteiger partial charge in [-0.1, -0.05) is 24.3 Å². The van der Waals surface area contributed by atoms with Crippen LogP contribution in [0.3, 0.4) is 0 Å². The highest BCUT2D eigenvalue weighted by molar-refractivity contribution is 6.37. The van der Waals surface area contributed by atoms with Crippen LogP contribution in [-0.4, -0.2) is 47.8 Å². The number of rotatable bonds is 11. The second kappa shape index (κ2) is 11.7. The zero-order valence-electron chi connectivity index (χ0n) is 17.5. The quantitative estimate of drug-likeness (QED) is 0.192. The summed E-state index contributed by atoms with van der Waals surface area (Å²) in [6.07, 6.45) is -0.388. The highest BCUT2D eigenvalue weighted by Gasteiger charge is 2.26. The van der Waals surface area contributed by atoms with Gasteiger partial charge in [0.05, 0.1) is 24.1 Å². The number of carbonyl (C=O) groups excluding carboxylic acids is 2. The molecule has 1 atom stereocenters. The third-order valence-electron chi connectivity index (χ3n) is 4.20. The van der Waals surface area contributed by atoms with Crippen molar-refractivity contribution in [2.24, 2.45) is 5.10 Å². The smallest absolute Gasteiger partial charge is 0.354 e. The van der Waals surface area contributed by atoms with E-state index in [0.717, 1.165) is 14.2 Å². The van der Waals surface area contributed by atoms with Crippen LogP contribution in [0.25, 0.3) is 0 Å². The molecule has 2 rings (SSSR count). The van der Waals surface area contributed by atoms with Gasteiger partial charge in [-0.25, -0.2) is 10.2 Å². The van der Waals surface area contributed by atoms with E-state index in [2.05, 4.69) is 26.1 Å². The van der Waals surface area contributed by atoms with Crippen molar-refractivity contribution >= 4 is 40.4 Å². The topological polar surface area (TPSA) is 187 Å².